The van der Waals surface area contributed by atoms with E-state index in [4.69, 9.17) is 0 Å². The average Bonchev–Trinajstić information content (AvgIpc) is 2.70. The van der Waals surface area contributed by atoms with Crippen LogP contribution >= 0.6 is 0 Å². The summed E-state index contributed by atoms with van der Waals surface area (Å²) in [7, 11) is 0. The second-order valence-electron chi connectivity index (χ2n) is 4.64. The number of anilines is 2. The molecule has 86 valence electrons. The maximum atomic E-state index is 4.41. The maximum Gasteiger partial charge on any atom is 0.131 e. The van der Waals surface area contributed by atoms with E-state index in [9.17, 15) is 0 Å². The summed E-state index contributed by atoms with van der Waals surface area (Å²) in [5.74, 6) is 1.09. The molecule has 1 atom stereocenters. The number of rotatable bonds is 1. The molecular formula is C12H18N4. The molecule has 2 N–H and O–H groups in total. The van der Waals surface area contributed by atoms with Gasteiger partial charge in [-0.05, 0) is 19.4 Å². The summed E-state index contributed by atoms with van der Waals surface area (Å²) < 4.78 is 0. The van der Waals surface area contributed by atoms with Gasteiger partial charge in [0.05, 0.1) is 0 Å². The van der Waals surface area contributed by atoms with Crippen LogP contribution in [0.1, 0.15) is 12.5 Å². The Hall–Kier alpha value is -1.29. The normalized spacial score (nSPS) is 24.1. The number of hydrogen-bond donors (Lipinski definition) is 2. The lowest BCUT2D eigenvalue weighted by molar-refractivity contribution is 0.587. The van der Waals surface area contributed by atoms with Crippen molar-refractivity contribution in [1.82, 2.24) is 10.3 Å². The molecule has 1 aromatic rings. The van der Waals surface area contributed by atoms with E-state index in [-0.39, 0.29) is 0 Å². The zero-order valence-electron chi connectivity index (χ0n) is 9.66. The first-order chi connectivity index (χ1) is 7.84. The van der Waals surface area contributed by atoms with Gasteiger partial charge in [0.25, 0.3) is 0 Å². The van der Waals surface area contributed by atoms with Crippen molar-refractivity contribution in [3.05, 3.63) is 17.8 Å². The second kappa shape index (κ2) is 3.94. The molecular weight excluding hydrogens is 200 g/mol. The predicted octanol–water partition coefficient (Wildman–Crippen LogP) is 0.848. The molecule has 1 unspecified atom stereocenters. The Bertz CT molecular complexity index is 385. The largest absolute Gasteiger partial charge is 0.369 e. The van der Waals surface area contributed by atoms with Crippen LogP contribution in [0.4, 0.5) is 11.5 Å². The first kappa shape index (κ1) is 9.90. The first-order valence-electron chi connectivity index (χ1n) is 6.04. The third kappa shape index (κ3) is 1.63. The van der Waals surface area contributed by atoms with Gasteiger partial charge in [0.15, 0.2) is 0 Å². The van der Waals surface area contributed by atoms with Crippen LogP contribution < -0.4 is 15.5 Å². The monoisotopic (exact) mass is 218 g/mol. The summed E-state index contributed by atoms with van der Waals surface area (Å²) >= 11 is 0. The van der Waals surface area contributed by atoms with Crippen LogP contribution in [0.15, 0.2) is 12.3 Å². The number of pyridine rings is 1. The molecule has 16 heavy (non-hydrogen) atoms. The number of nitrogens with zero attached hydrogens (tertiary/aromatic N) is 2. The molecule has 4 nitrogen and oxygen atoms in total. The van der Waals surface area contributed by atoms with Gasteiger partial charge in [-0.15, -0.1) is 0 Å². The van der Waals surface area contributed by atoms with Crippen molar-refractivity contribution < 1.29 is 0 Å². The third-order valence-corrected chi connectivity index (χ3v) is 3.38. The molecule has 3 heterocycles. The minimum Gasteiger partial charge on any atom is -0.369 e. The predicted molar refractivity (Wildman–Crippen MR) is 66.1 cm³/mol. The topological polar surface area (TPSA) is 40.2 Å². The zero-order valence-corrected chi connectivity index (χ0v) is 9.66. The van der Waals surface area contributed by atoms with Gasteiger partial charge in [-0.25, -0.2) is 4.98 Å². The van der Waals surface area contributed by atoms with Gasteiger partial charge in [-0.2, -0.15) is 0 Å². The maximum absolute atomic E-state index is 4.41. The van der Waals surface area contributed by atoms with E-state index in [1.165, 1.54) is 11.3 Å². The lowest BCUT2D eigenvalue weighted by Gasteiger charge is -2.30. The second-order valence-corrected chi connectivity index (χ2v) is 4.64. The van der Waals surface area contributed by atoms with Gasteiger partial charge in [0.2, 0.25) is 0 Å². The van der Waals surface area contributed by atoms with Crippen LogP contribution in [-0.4, -0.2) is 37.2 Å². The highest BCUT2D eigenvalue weighted by atomic mass is 15.2. The standard InChI is InChI=1S/C12H18N4/c1-9-8-10-11(2-3-14-12(10)15-9)16-6-4-13-5-7-16/h2-3,9,13H,4-8H2,1H3,(H,14,15). The number of piperazine rings is 1. The van der Waals surface area contributed by atoms with Crippen LogP contribution in [0, 0.1) is 0 Å². The molecule has 0 aliphatic carbocycles. The Balaban J connectivity index is 1.92. The van der Waals surface area contributed by atoms with Crippen molar-refractivity contribution in [2.45, 2.75) is 19.4 Å². The molecule has 0 radical (unpaired) electrons. The summed E-state index contributed by atoms with van der Waals surface area (Å²) in [6, 6.07) is 2.68. The SMILES string of the molecule is CC1Cc2c(N3CCNCC3)ccnc2N1. The summed E-state index contributed by atoms with van der Waals surface area (Å²) in [6.45, 7) is 6.58. The van der Waals surface area contributed by atoms with E-state index in [0.29, 0.717) is 6.04 Å². The fraction of sp³-hybridized carbons (Fsp3) is 0.583. The molecule has 2 aliphatic heterocycles. The van der Waals surface area contributed by atoms with Crippen LogP contribution in [0.2, 0.25) is 0 Å². The van der Waals surface area contributed by atoms with E-state index in [2.05, 4.69) is 33.5 Å². The molecule has 3 rings (SSSR count). The Kier molecular flexibility index (Phi) is 2.44. The van der Waals surface area contributed by atoms with E-state index in [1.54, 1.807) is 0 Å². The number of aromatic nitrogens is 1. The van der Waals surface area contributed by atoms with Crippen molar-refractivity contribution in [2.24, 2.45) is 0 Å². The molecule has 4 heteroatoms. The average molecular weight is 218 g/mol. The van der Waals surface area contributed by atoms with Crippen molar-refractivity contribution >= 4 is 11.5 Å². The molecule has 0 bridgehead atoms. The van der Waals surface area contributed by atoms with Gasteiger partial charge in [0.1, 0.15) is 5.82 Å². The lowest BCUT2D eigenvalue weighted by Crippen LogP contribution is -2.43. The minimum atomic E-state index is 0.520. The van der Waals surface area contributed by atoms with E-state index in [1.807, 2.05) is 6.20 Å². The number of nitrogens with one attached hydrogen (secondary N) is 2. The van der Waals surface area contributed by atoms with Gasteiger partial charge in [-0.3, -0.25) is 0 Å². The molecule has 0 saturated carbocycles. The van der Waals surface area contributed by atoms with Gasteiger partial charge in [-0.1, -0.05) is 0 Å². The zero-order chi connectivity index (χ0) is 11.0. The molecule has 1 fully saturated rings. The number of hydrogen-bond acceptors (Lipinski definition) is 4. The fourth-order valence-corrected chi connectivity index (χ4v) is 2.60. The highest BCUT2D eigenvalue weighted by Crippen LogP contribution is 2.32. The summed E-state index contributed by atoms with van der Waals surface area (Å²) in [5, 5.41) is 6.81. The van der Waals surface area contributed by atoms with Crippen LogP contribution in [0.5, 0.6) is 0 Å². The summed E-state index contributed by atoms with van der Waals surface area (Å²) in [4.78, 5) is 6.88. The van der Waals surface area contributed by atoms with Gasteiger partial charge in [0, 0.05) is 49.7 Å². The van der Waals surface area contributed by atoms with E-state index in [0.717, 1.165) is 38.4 Å². The minimum absolute atomic E-state index is 0.520. The molecule has 2 aliphatic rings. The highest BCUT2D eigenvalue weighted by molar-refractivity contribution is 5.66. The van der Waals surface area contributed by atoms with E-state index < -0.39 is 0 Å². The van der Waals surface area contributed by atoms with Crippen LogP contribution in [0.25, 0.3) is 0 Å². The Morgan fingerprint density at radius 2 is 2.19 bits per heavy atom. The molecule has 0 spiro atoms. The third-order valence-electron chi connectivity index (χ3n) is 3.38. The molecule has 0 amide bonds. The molecule has 1 saturated heterocycles. The lowest BCUT2D eigenvalue weighted by atomic mass is 10.1. The molecule has 1 aromatic heterocycles. The number of fused-ring (bicyclic) bond motifs is 1. The Labute approximate surface area is 96.1 Å². The smallest absolute Gasteiger partial charge is 0.131 e. The van der Waals surface area contributed by atoms with Crippen molar-refractivity contribution in [2.75, 3.05) is 36.4 Å². The Morgan fingerprint density at radius 1 is 1.38 bits per heavy atom. The first-order valence-corrected chi connectivity index (χ1v) is 6.04. The van der Waals surface area contributed by atoms with Gasteiger partial charge < -0.3 is 15.5 Å². The summed E-state index contributed by atoms with van der Waals surface area (Å²) in [6.07, 6.45) is 3.02. The highest BCUT2D eigenvalue weighted by Gasteiger charge is 2.23. The fourth-order valence-electron chi connectivity index (χ4n) is 2.60. The van der Waals surface area contributed by atoms with Crippen LogP contribution in [0.3, 0.4) is 0 Å². The quantitative estimate of drug-likeness (QED) is 0.733. The Morgan fingerprint density at radius 3 is 3.00 bits per heavy atom. The molecule has 0 aromatic carbocycles. The van der Waals surface area contributed by atoms with Crippen molar-refractivity contribution in [1.29, 1.82) is 0 Å². The summed E-state index contributed by atoms with van der Waals surface area (Å²) in [5.41, 5.74) is 2.78. The van der Waals surface area contributed by atoms with Crippen molar-refractivity contribution in [3.63, 3.8) is 0 Å². The van der Waals surface area contributed by atoms with Crippen molar-refractivity contribution in [3.8, 4) is 0 Å². The van der Waals surface area contributed by atoms with Crippen LogP contribution in [-0.2, 0) is 6.42 Å². The van der Waals surface area contributed by atoms with Gasteiger partial charge >= 0.3 is 0 Å². The van der Waals surface area contributed by atoms with E-state index >= 15 is 0 Å².